The van der Waals surface area contributed by atoms with Gasteiger partial charge in [-0.1, -0.05) is 19.8 Å². The number of cyclic esters (lactones) is 2. The first-order valence-electron chi connectivity index (χ1n) is 4.61. The molecule has 2 atom stereocenters. The fourth-order valence-electron chi connectivity index (χ4n) is 1.36. The SMILES string of the molecule is CCCCCC1OC(=O)OC1C. The Morgan fingerprint density at radius 1 is 1.33 bits per heavy atom. The molecule has 1 heterocycles. The smallest absolute Gasteiger partial charge is 0.427 e. The third-order valence-electron chi connectivity index (χ3n) is 2.15. The molecule has 1 saturated heterocycles. The number of unbranched alkanes of at least 4 members (excludes halogenated alkanes) is 2. The number of hydrogen-bond acceptors (Lipinski definition) is 3. The first kappa shape index (κ1) is 9.36. The van der Waals surface area contributed by atoms with Crippen molar-refractivity contribution in [2.24, 2.45) is 0 Å². The van der Waals surface area contributed by atoms with Crippen LogP contribution in [0.3, 0.4) is 0 Å². The Bertz CT molecular complexity index is 156. The fraction of sp³-hybridized carbons (Fsp3) is 0.889. The standard InChI is InChI=1S/C9H16O3/c1-3-4-5-6-8-7(2)11-9(10)12-8/h7-8H,3-6H2,1-2H3. The summed E-state index contributed by atoms with van der Waals surface area (Å²) >= 11 is 0. The van der Waals surface area contributed by atoms with Gasteiger partial charge in [-0.15, -0.1) is 0 Å². The van der Waals surface area contributed by atoms with Crippen molar-refractivity contribution in [3.63, 3.8) is 0 Å². The highest BCUT2D eigenvalue weighted by Crippen LogP contribution is 2.19. The van der Waals surface area contributed by atoms with E-state index in [0.29, 0.717) is 0 Å². The third kappa shape index (κ3) is 2.40. The van der Waals surface area contributed by atoms with Crippen molar-refractivity contribution in [2.45, 2.75) is 51.7 Å². The Kier molecular flexibility index (Phi) is 3.38. The highest BCUT2D eigenvalue weighted by molar-refractivity contribution is 5.62. The highest BCUT2D eigenvalue weighted by Gasteiger charge is 2.32. The zero-order chi connectivity index (χ0) is 8.97. The van der Waals surface area contributed by atoms with Crippen LogP contribution >= 0.6 is 0 Å². The third-order valence-corrected chi connectivity index (χ3v) is 2.15. The summed E-state index contributed by atoms with van der Waals surface area (Å²) < 4.78 is 9.80. The van der Waals surface area contributed by atoms with Gasteiger partial charge < -0.3 is 9.47 Å². The van der Waals surface area contributed by atoms with Crippen LogP contribution in [0.2, 0.25) is 0 Å². The first-order chi connectivity index (χ1) is 5.74. The molecule has 0 saturated carbocycles. The predicted molar refractivity (Wildman–Crippen MR) is 45.0 cm³/mol. The van der Waals surface area contributed by atoms with Crippen molar-refractivity contribution in [1.29, 1.82) is 0 Å². The Hall–Kier alpha value is -0.730. The Morgan fingerprint density at radius 3 is 2.58 bits per heavy atom. The molecule has 0 aromatic carbocycles. The van der Waals surface area contributed by atoms with Gasteiger partial charge in [0, 0.05) is 0 Å². The maximum atomic E-state index is 10.7. The maximum absolute atomic E-state index is 10.7. The lowest BCUT2D eigenvalue weighted by Gasteiger charge is -2.09. The van der Waals surface area contributed by atoms with Crippen LogP contribution in [-0.2, 0) is 9.47 Å². The van der Waals surface area contributed by atoms with E-state index in [4.69, 9.17) is 9.47 Å². The number of carbonyl (C=O) groups excluding carboxylic acids is 1. The molecule has 0 bridgehead atoms. The van der Waals surface area contributed by atoms with Crippen molar-refractivity contribution in [3.8, 4) is 0 Å². The second-order valence-corrected chi connectivity index (χ2v) is 3.23. The molecular formula is C9H16O3. The molecule has 1 aliphatic rings. The molecule has 70 valence electrons. The minimum Gasteiger partial charge on any atom is -0.427 e. The predicted octanol–water partition coefficient (Wildman–Crippen LogP) is 2.49. The average molecular weight is 172 g/mol. The minimum absolute atomic E-state index is 0.0101. The van der Waals surface area contributed by atoms with Crippen molar-refractivity contribution in [1.82, 2.24) is 0 Å². The molecular weight excluding hydrogens is 156 g/mol. The van der Waals surface area contributed by atoms with Crippen LogP contribution < -0.4 is 0 Å². The lowest BCUT2D eigenvalue weighted by atomic mass is 10.1. The van der Waals surface area contributed by atoms with Crippen molar-refractivity contribution < 1.29 is 14.3 Å². The molecule has 3 nitrogen and oxygen atoms in total. The van der Waals surface area contributed by atoms with Gasteiger partial charge in [0.2, 0.25) is 0 Å². The van der Waals surface area contributed by atoms with Crippen LogP contribution in [0.5, 0.6) is 0 Å². The largest absolute Gasteiger partial charge is 0.509 e. The van der Waals surface area contributed by atoms with Crippen molar-refractivity contribution in [2.75, 3.05) is 0 Å². The topological polar surface area (TPSA) is 35.5 Å². The van der Waals surface area contributed by atoms with Crippen LogP contribution in [-0.4, -0.2) is 18.4 Å². The molecule has 12 heavy (non-hydrogen) atoms. The van der Waals surface area contributed by atoms with Gasteiger partial charge in [-0.25, -0.2) is 4.79 Å². The van der Waals surface area contributed by atoms with Gasteiger partial charge in [-0.2, -0.15) is 0 Å². The van der Waals surface area contributed by atoms with Crippen LogP contribution in [0, 0.1) is 0 Å². The fourth-order valence-corrected chi connectivity index (χ4v) is 1.36. The average Bonchev–Trinajstić information content (AvgIpc) is 2.31. The summed E-state index contributed by atoms with van der Waals surface area (Å²) in [6, 6.07) is 0. The van der Waals surface area contributed by atoms with E-state index in [1.54, 1.807) is 0 Å². The van der Waals surface area contributed by atoms with E-state index in [2.05, 4.69) is 6.92 Å². The molecule has 0 aromatic rings. The molecule has 0 aliphatic carbocycles. The Morgan fingerprint density at radius 2 is 2.08 bits per heavy atom. The zero-order valence-corrected chi connectivity index (χ0v) is 7.71. The summed E-state index contributed by atoms with van der Waals surface area (Å²) in [5.74, 6) is 0. The Balaban J connectivity index is 2.19. The van der Waals surface area contributed by atoms with Gasteiger partial charge in [0.25, 0.3) is 0 Å². The number of hydrogen-bond donors (Lipinski definition) is 0. The summed E-state index contributed by atoms with van der Waals surface area (Å²) in [6.07, 6.45) is 3.85. The van der Waals surface area contributed by atoms with E-state index in [9.17, 15) is 4.79 Å². The molecule has 1 fully saturated rings. The molecule has 1 aliphatic heterocycles. The normalized spacial score (nSPS) is 28.3. The maximum Gasteiger partial charge on any atom is 0.509 e. The summed E-state index contributed by atoms with van der Waals surface area (Å²) in [5.41, 5.74) is 0. The Labute approximate surface area is 73.0 Å². The van der Waals surface area contributed by atoms with Gasteiger partial charge in [-0.05, 0) is 19.8 Å². The van der Waals surface area contributed by atoms with E-state index in [-0.39, 0.29) is 12.2 Å². The van der Waals surface area contributed by atoms with E-state index in [1.807, 2.05) is 6.92 Å². The summed E-state index contributed by atoms with van der Waals surface area (Å²) in [7, 11) is 0. The minimum atomic E-state index is -0.510. The van der Waals surface area contributed by atoms with E-state index in [0.717, 1.165) is 12.8 Å². The van der Waals surface area contributed by atoms with Gasteiger partial charge in [0.1, 0.15) is 12.2 Å². The molecule has 0 radical (unpaired) electrons. The van der Waals surface area contributed by atoms with Crippen LogP contribution in [0.15, 0.2) is 0 Å². The summed E-state index contributed by atoms with van der Waals surface area (Å²) in [5, 5.41) is 0. The highest BCUT2D eigenvalue weighted by atomic mass is 16.8. The number of carbonyl (C=O) groups is 1. The molecule has 0 N–H and O–H groups in total. The van der Waals surface area contributed by atoms with Crippen LogP contribution in [0.4, 0.5) is 4.79 Å². The van der Waals surface area contributed by atoms with Gasteiger partial charge >= 0.3 is 6.16 Å². The number of rotatable bonds is 4. The molecule has 0 amide bonds. The monoisotopic (exact) mass is 172 g/mol. The second-order valence-electron chi connectivity index (χ2n) is 3.23. The van der Waals surface area contributed by atoms with Gasteiger partial charge in [0.05, 0.1) is 0 Å². The summed E-state index contributed by atoms with van der Waals surface area (Å²) in [4.78, 5) is 10.7. The first-order valence-corrected chi connectivity index (χ1v) is 4.61. The lowest BCUT2D eigenvalue weighted by molar-refractivity contribution is 0.115. The van der Waals surface area contributed by atoms with E-state index >= 15 is 0 Å². The molecule has 1 rings (SSSR count). The van der Waals surface area contributed by atoms with Crippen molar-refractivity contribution >= 4 is 6.16 Å². The van der Waals surface area contributed by atoms with Crippen LogP contribution in [0.1, 0.15) is 39.5 Å². The lowest BCUT2D eigenvalue weighted by Crippen LogP contribution is -2.18. The second kappa shape index (κ2) is 4.33. The molecule has 2 unspecified atom stereocenters. The molecule has 0 spiro atoms. The van der Waals surface area contributed by atoms with E-state index in [1.165, 1.54) is 12.8 Å². The molecule has 0 aromatic heterocycles. The summed E-state index contributed by atoms with van der Waals surface area (Å²) in [6.45, 7) is 4.03. The van der Waals surface area contributed by atoms with Crippen LogP contribution in [0.25, 0.3) is 0 Å². The van der Waals surface area contributed by atoms with Gasteiger partial charge in [-0.3, -0.25) is 0 Å². The molecule has 3 heteroatoms. The zero-order valence-electron chi connectivity index (χ0n) is 7.71. The van der Waals surface area contributed by atoms with E-state index < -0.39 is 6.16 Å². The van der Waals surface area contributed by atoms with Crippen molar-refractivity contribution in [3.05, 3.63) is 0 Å². The quantitative estimate of drug-likeness (QED) is 0.482. The van der Waals surface area contributed by atoms with Gasteiger partial charge in [0.15, 0.2) is 0 Å². The number of ether oxygens (including phenoxy) is 2.